The summed E-state index contributed by atoms with van der Waals surface area (Å²) in [5.41, 5.74) is 8.97. The van der Waals surface area contributed by atoms with Crippen molar-refractivity contribution in [2.75, 3.05) is 0 Å². The number of benzene rings is 1. The summed E-state index contributed by atoms with van der Waals surface area (Å²) in [6, 6.07) is 7.05. The highest BCUT2D eigenvalue weighted by atomic mass is 16.2. The van der Waals surface area contributed by atoms with Crippen LogP contribution in [0.4, 0.5) is 4.79 Å². The first-order chi connectivity index (χ1) is 7.27. The first-order valence-electron chi connectivity index (χ1n) is 4.42. The van der Waals surface area contributed by atoms with Gasteiger partial charge in [-0.15, -0.1) is 0 Å². The van der Waals surface area contributed by atoms with Gasteiger partial charge in [0.2, 0.25) is 0 Å². The zero-order chi connectivity index (χ0) is 10.7. The average Bonchev–Trinajstić information content (AvgIpc) is 2.65. The van der Waals surface area contributed by atoms with E-state index in [1.54, 1.807) is 6.21 Å². The van der Waals surface area contributed by atoms with Gasteiger partial charge in [0.1, 0.15) is 0 Å². The first-order valence-corrected chi connectivity index (χ1v) is 4.42. The summed E-state index contributed by atoms with van der Waals surface area (Å²) in [4.78, 5) is 13.5. The molecular weight excluding hydrogens is 192 g/mol. The molecular formula is C10H10N4O. The predicted molar refractivity (Wildman–Crippen MR) is 58.6 cm³/mol. The van der Waals surface area contributed by atoms with Crippen LogP contribution in [0.25, 0.3) is 10.9 Å². The van der Waals surface area contributed by atoms with Crippen molar-refractivity contribution in [2.45, 2.75) is 0 Å². The Morgan fingerprint density at radius 3 is 3.13 bits per heavy atom. The van der Waals surface area contributed by atoms with Gasteiger partial charge in [-0.2, -0.15) is 5.10 Å². The quantitative estimate of drug-likeness (QED) is 0.495. The van der Waals surface area contributed by atoms with Crippen molar-refractivity contribution in [1.29, 1.82) is 0 Å². The lowest BCUT2D eigenvalue weighted by Gasteiger charge is -1.96. The largest absolute Gasteiger partial charge is 0.361 e. The smallest absolute Gasteiger partial charge is 0.332 e. The second kappa shape index (κ2) is 3.83. The van der Waals surface area contributed by atoms with E-state index < -0.39 is 6.03 Å². The normalized spacial score (nSPS) is 10.9. The van der Waals surface area contributed by atoms with E-state index in [0.29, 0.717) is 0 Å². The second-order valence-electron chi connectivity index (χ2n) is 3.02. The lowest BCUT2D eigenvalue weighted by molar-refractivity contribution is 0.249. The minimum absolute atomic E-state index is 0.674. The number of amides is 2. The average molecular weight is 202 g/mol. The number of urea groups is 1. The monoisotopic (exact) mass is 202 g/mol. The zero-order valence-corrected chi connectivity index (χ0v) is 7.90. The number of nitrogens with zero attached hydrogens (tertiary/aromatic N) is 1. The van der Waals surface area contributed by atoms with Crippen LogP contribution < -0.4 is 11.2 Å². The highest BCUT2D eigenvalue weighted by Crippen LogP contribution is 2.15. The van der Waals surface area contributed by atoms with Crippen LogP contribution in [-0.4, -0.2) is 17.2 Å². The maximum Gasteiger partial charge on any atom is 0.332 e. The molecule has 0 fully saturated rings. The maximum atomic E-state index is 10.4. The fraction of sp³-hybridized carbons (Fsp3) is 0. The summed E-state index contributed by atoms with van der Waals surface area (Å²) in [7, 11) is 0. The number of nitrogens with two attached hydrogens (primary N) is 1. The van der Waals surface area contributed by atoms with Crippen molar-refractivity contribution in [3.05, 3.63) is 36.0 Å². The number of primary amides is 1. The van der Waals surface area contributed by atoms with E-state index in [1.807, 2.05) is 30.5 Å². The molecule has 0 saturated carbocycles. The number of hydrogen-bond donors (Lipinski definition) is 3. The summed E-state index contributed by atoms with van der Waals surface area (Å²) in [5.74, 6) is 0. The molecule has 0 spiro atoms. The molecule has 2 amide bonds. The number of rotatable bonds is 2. The first kappa shape index (κ1) is 9.26. The van der Waals surface area contributed by atoms with E-state index in [4.69, 9.17) is 5.73 Å². The third-order valence-corrected chi connectivity index (χ3v) is 2.01. The lowest BCUT2D eigenvalue weighted by atomic mass is 10.1. The van der Waals surface area contributed by atoms with Gasteiger partial charge in [-0.25, -0.2) is 10.2 Å². The van der Waals surface area contributed by atoms with Gasteiger partial charge in [-0.05, 0) is 12.1 Å². The summed E-state index contributed by atoms with van der Waals surface area (Å²) >= 11 is 0. The van der Waals surface area contributed by atoms with Crippen molar-refractivity contribution in [3.8, 4) is 0 Å². The predicted octanol–water partition coefficient (Wildman–Crippen LogP) is 1.17. The van der Waals surface area contributed by atoms with Crippen molar-refractivity contribution in [1.82, 2.24) is 10.4 Å². The molecule has 4 N–H and O–H groups in total. The number of H-pyrrole nitrogens is 1. The van der Waals surface area contributed by atoms with Crippen molar-refractivity contribution >= 4 is 23.1 Å². The number of hydrogen-bond acceptors (Lipinski definition) is 2. The minimum atomic E-state index is -0.674. The van der Waals surface area contributed by atoms with Crippen LogP contribution >= 0.6 is 0 Å². The number of fused-ring (bicyclic) bond motifs is 1. The van der Waals surface area contributed by atoms with Gasteiger partial charge in [0.25, 0.3) is 0 Å². The van der Waals surface area contributed by atoms with Crippen LogP contribution in [0.2, 0.25) is 0 Å². The molecule has 1 aromatic carbocycles. The molecule has 0 aliphatic rings. The second-order valence-corrected chi connectivity index (χ2v) is 3.02. The standard InChI is InChI=1S/C10H10N4O/c11-10(15)14-13-6-7-2-1-3-9-8(7)4-5-12-9/h1-6,12H,(H3,11,14,15)/b13-6+. The highest BCUT2D eigenvalue weighted by Gasteiger charge is 1.98. The molecule has 0 atom stereocenters. The molecule has 0 unspecified atom stereocenters. The Labute approximate surface area is 86.0 Å². The van der Waals surface area contributed by atoms with E-state index in [2.05, 4.69) is 15.5 Å². The highest BCUT2D eigenvalue weighted by molar-refractivity contribution is 5.98. The van der Waals surface area contributed by atoms with Gasteiger partial charge in [0.15, 0.2) is 0 Å². The fourth-order valence-electron chi connectivity index (χ4n) is 1.39. The topological polar surface area (TPSA) is 83.3 Å². The third kappa shape index (κ3) is 1.96. The lowest BCUT2D eigenvalue weighted by Crippen LogP contribution is -2.24. The molecule has 0 aliphatic heterocycles. The summed E-state index contributed by atoms with van der Waals surface area (Å²) in [5, 5.41) is 4.76. The molecule has 5 nitrogen and oxygen atoms in total. The van der Waals surface area contributed by atoms with E-state index in [-0.39, 0.29) is 0 Å². The minimum Gasteiger partial charge on any atom is -0.361 e. The molecule has 5 heteroatoms. The fourth-order valence-corrected chi connectivity index (χ4v) is 1.39. The number of hydrazone groups is 1. The van der Waals surface area contributed by atoms with E-state index >= 15 is 0 Å². The number of aromatic nitrogens is 1. The molecule has 1 aromatic heterocycles. The molecule has 76 valence electrons. The number of carbonyl (C=O) groups excluding carboxylic acids is 1. The SMILES string of the molecule is NC(=O)N/N=C/c1cccc2[nH]ccc12. The van der Waals surface area contributed by atoms with E-state index in [0.717, 1.165) is 16.5 Å². The molecule has 2 aromatic rings. The number of aromatic amines is 1. The van der Waals surface area contributed by atoms with Crippen molar-refractivity contribution in [3.63, 3.8) is 0 Å². The molecule has 0 saturated heterocycles. The Hall–Kier alpha value is -2.30. The number of nitrogens with one attached hydrogen (secondary N) is 2. The molecule has 2 rings (SSSR count). The van der Waals surface area contributed by atoms with Crippen LogP contribution in [0, 0.1) is 0 Å². The Balaban J connectivity index is 2.31. The van der Waals surface area contributed by atoms with Crippen molar-refractivity contribution < 1.29 is 4.79 Å². The van der Waals surface area contributed by atoms with Crippen LogP contribution in [0.15, 0.2) is 35.6 Å². The van der Waals surface area contributed by atoms with Gasteiger partial charge >= 0.3 is 6.03 Å². The van der Waals surface area contributed by atoms with Gasteiger partial charge < -0.3 is 10.7 Å². The van der Waals surface area contributed by atoms with Crippen LogP contribution in [-0.2, 0) is 0 Å². The van der Waals surface area contributed by atoms with Crippen LogP contribution in [0.5, 0.6) is 0 Å². The van der Waals surface area contributed by atoms with Crippen LogP contribution in [0.1, 0.15) is 5.56 Å². The summed E-state index contributed by atoms with van der Waals surface area (Å²) < 4.78 is 0. The molecule has 1 heterocycles. The number of carbonyl (C=O) groups is 1. The van der Waals surface area contributed by atoms with Gasteiger partial charge in [-0.3, -0.25) is 0 Å². The molecule has 0 bridgehead atoms. The Morgan fingerprint density at radius 2 is 2.33 bits per heavy atom. The molecule has 0 aliphatic carbocycles. The van der Waals surface area contributed by atoms with Gasteiger partial charge in [0, 0.05) is 22.7 Å². The Bertz CT molecular complexity index is 515. The van der Waals surface area contributed by atoms with Crippen molar-refractivity contribution in [2.24, 2.45) is 10.8 Å². The zero-order valence-electron chi connectivity index (χ0n) is 7.90. The van der Waals surface area contributed by atoms with E-state index in [1.165, 1.54) is 0 Å². The van der Waals surface area contributed by atoms with E-state index in [9.17, 15) is 4.79 Å². The van der Waals surface area contributed by atoms with Gasteiger partial charge in [0.05, 0.1) is 6.21 Å². The Kier molecular flexibility index (Phi) is 2.37. The third-order valence-electron chi connectivity index (χ3n) is 2.01. The molecule has 0 radical (unpaired) electrons. The molecule has 15 heavy (non-hydrogen) atoms. The van der Waals surface area contributed by atoms with Crippen LogP contribution in [0.3, 0.4) is 0 Å². The maximum absolute atomic E-state index is 10.4. The summed E-state index contributed by atoms with van der Waals surface area (Å²) in [6.45, 7) is 0. The summed E-state index contributed by atoms with van der Waals surface area (Å²) in [6.07, 6.45) is 3.41. The Morgan fingerprint density at radius 1 is 1.47 bits per heavy atom. The van der Waals surface area contributed by atoms with Gasteiger partial charge in [-0.1, -0.05) is 12.1 Å².